The van der Waals surface area contributed by atoms with Crippen molar-refractivity contribution in [2.75, 3.05) is 28.7 Å². The second-order valence-corrected chi connectivity index (χ2v) is 8.76. The summed E-state index contributed by atoms with van der Waals surface area (Å²) in [5.74, 6) is -0.670. The van der Waals surface area contributed by atoms with Gasteiger partial charge in [-0.3, -0.25) is 9.59 Å². The molecule has 0 saturated heterocycles. The Hall–Kier alpha value is -4.10. The van der Waals surface area contributed by atoms with Crippen molar-refractivity contribution in [3.63, 3.8) is 0 Å². The standard InChI is InChI=1S/C28H28N4O3/c1-2-21-12-14-32(26-6-4-3-5-24(26)30-21)28(35)20-7-9-22(25(16-20)31-27(34)17-33)18-8-10-23-19(15-18)11-13-29-23/h3-11,13,15-16,21,29-30,33H,2,12,14,17H2,1H3,(H,31,34). The minimum absolute atomic E-state index is 0.136. The molecule has 5 rings (SSSR count). The van der Waals surface area contributed by atoms with E-state index in [-0.39, 0.29) is 5.91 Å². The highest BCUT2D eigenvalue weighted by molar-refractivity contribution is 6.10. The smallest absolute Gasteiger partial charge is 0.258 e. The van der Waals surface area contributed by atoms with Crippen LogP contribution < -0.4 is 15.5 Å². The minimum atomic E-state index is -0.641. The second-order valence-electron chi connectivity index (χ2n) is 8.76. The Morgan fingerprint density at radius 2 is 1.94 bits per heavy atom. The fourth-order valence-electron chi connectivity index (χ4n) is 4.64. The number of aliphatic hydroxyl groups is 1. The largest absolute Gasteiger partial charge is 0.387 e. The highest BCUT2D eigenvalue weighted by Gasteiger charge is 2.26. The quantitative estimate of drug-likeness (QED) is 0.331. The number of carbonyl (C=O) groups is 2. The predicted octanol–water partition coefficient (Wildman–Crippen LogP) is 5.01. The number of anilines is 3. The van der Waals surface area contributed by atoms with Crippen molar-refractivity contribution in [2.45, 2.75) is 25.8 Å². The van der Waals surface area contributed by atoms with Gasteiger partial charge in [0.2, 0.25) is 5.91 Å². The van der Waals surface area contributed by atoms with Crippen molar-refractivity contribution >= 4 is 39.8 Å². The molecule has 0 spiro atoms. The van der Waals surface area contributed by atoms with E-state index < -0.39 is 12.5 Å². The third-order valence-corrected chi connectivity index (χ3v) is 6.54. The fraction of sp³-hybridized carbons (Fsp3) is 0.214. The molecule has 1 atom stereocenters. The molecular formula is C28H28N4O3. The van der Waals surface area contributed by atoms with E-state index in [0.29, 0.717) is 23.8 Å². The maximum Gasteiger partial charge on any atom is 0.258 e. The average molecular weight is 469 g/mol. The Morgan fingerprint density at radius 3 is 2.77 bits per heavy atom. The van der Waals surface area contributed by atoms with Crippen LogP contribution in [0.4, 0.5) is 17.1 Å². The minimum Gasteiger partial charge on any atom is -0.387 e. The molecule has 0 saturated carbocycles. The molecule has 0 fully saturated rings. The van der Waals surface area contributed by atoms with Gasteiger partial charge in [-0.25, -0.2) is 0 Å². The van der Waals surface area contributed by atoms with Gasteiger partial charge in [-0.2, -0.15) is 0 Å². The molecule has 4 N–H and O–H groups in total. The van der Waals surface area contributed by atoms with Gasteiger partial charge in [-0.05, 0) is 66.3 Å². The van der Waals surface area contributed by atoms with Gasteiger partial charge in [0, 0.05) is 41.1 Å². The van der Waals surface area contributed by atoms with Crippen molar-refractivity contribution in [1.29, 1.82) is 0 Å². The molecule has 4 aromatic rings. The van der Waals surface area contributed by atoms with E-state index in [9.17, 15) is 14.7 Å². The molecule has 0 radical (unpaired) electrons. The normalized spacial score (nSPS) is 15.3. The first kappa shape index (κ1) is 22.7. The summed E-state index contributed by atoms with van der Waals surface area (Å²) in [6, 6.07) is 21.4. The van der Waals surface area contributed by atoms with Gasteiger partial charge in [-0.1, -0.05) is 31.2 Å². The molecule has 1 aliphatic heterocycles. The van der Waals surface area contributed by atoms with Crippen LogP contribution in [0, 0.1) is 0 Å². The number of hydrogen-bond acceptors (Lipinski definition) is 4. The molecule has 178 valence electrons. The molecule has 2 heterocycles. The lowest BCUT2D eigenvalue weighted by Crippen LogP contribution is -2.32. The SMILES string of the molecule is CCC1CCN(C(=O)c2ccc(-c3ccc4[nH]ccc4c3)c(NC(=O)CO)c2)c2ccccc2N1. The van der Waals surface area contributed by atoms with Crippen molar-refractivity contribution in [1.82, 2.24) is 4.98 Å². The highest BCUT2D eigenvalue weighted by Crippen LogP contribution is 2.34. The molecule has 1 unspecified atom stereocenters. The van der Waals surface area contributed by atoms with Crippen molar-refractivity contribution in [3.05, 3.63) is 78.5 Å². The van der Waals surface area contributed by atoms with Crippen LogP contribution in [0.5, 0.6) is 0 Å². The Morgan fingerprint density at radius 1 is 1.09 bits per heavy atom. The third-order valence-electron chi connectivity index (χ3n) is 6.54. The zero-order valence-electron chi connectivity index (χ0n) is 19.5. The molecule has 7 heteroatoms. The topological polar surface area (TPSA) is 97.5 Å². The number of amides is 2. The summed E-state index contributed by atoms with van der Waals surface area (Å²) in [4.78, 5) is 30.8. The maximum atomic E-state index is 13.7. The van der Waals surface area contributed by atoms with Gasteiger partial charge in [0.1, 0.15) is 6.61 Å². The summed E-state index contributed by atoms with van der Waals surface area (Å²) < 4.78 is 0. The molecule has 0 bridgehead atoms. The van der Waals surface area contributed by atoms with Gasteiger partial charge in [-0.15, -0.1) is 0 Å². The van der Waals surface area contributed by atoms with E-state index in [2.05, 4.69) is 22.5 Å². The highest BCUT2D eigenvalue weighted by atomic mass is 16.3. The van der Waals surface area contributed by atoms with Gasteiger partial charge >= 0.3 is 0 Å². The number of aliphatic hydroxyl groups excluding tert-OH is 1. The predicted molar refractivity (Wildman–Crippen MR) is 140 cm³/mol. The molecule has 2 amide bonds. The number of fused-ring (bicyclic) bond motifs is 2. The molecule has 3 aromatic carbocycles. The lowest BCUT2D eigenvalue weighted by molar-refractivity contribution is -0.118. The molecule has 0 aliphatic carbocycles. The van der Waals surface area contributed by atoms with Crippen LogP contribution in [0.3, 0.4) is 0 Å². The Labute approximate surface area is 203 Å². The molecule has 35 heavy (non-hydrogen) atoms. The summed E-state index contributed by atoms with van der Waals surface area (Å²) in [5.41, 5.74) is 5.42. The van der Waals surface area contributed by atoms with Gasteiger partial charge < -0.3 is 25.6 Å². The first-order valence-electron chi connectivity index (χ1n) is 11.9. The number of benzene rings is 3. The lowest BCUT2D eigenvalue weighted by atomic mass is 9.99. The number of aromatic amines is 1. The fourth-order valence-corrected chi connectivity index (χ4v) is 4.64. The number of para-hydroxylation sites is 2. The van der Waals surface area contributed by atoms with E-state index >= 15 is 0 Å². The third kappa shape index (κ3) is 4.50. The number of aromatic nitrogens is 1. The zero-order chi connectivity index (χ0) is 24.4. The average Bonchev–Trinajstić information content (AvgIpc) is 3.28. The molecule has 1 aliphatic rings. The van der Waals surface area contributed by atoms with Crippen LogP contribution in [-0.2, 0) is 4.79 Å². The summed E-state index contributed by atoms with van der Waals surface area (Å²) in [7, 11) is 0. The molecule has 1 aromatic heterocycles. The number of carbonyl (C=O) groups excluding carboxylic acids is 2. The van der Waals surface area contributed by atoms with Crippen molar-refractivity contribution < 1.29 is 14.7 Å². The van der Waals surface area contributed by atoms with Crippen LogP contribution in [0.1, 0.15) is 30.1 Å². The van der Waals surface area contributed by atoms with Crippen LogP contribution >= 0.6 is 0 Å². The Bertz CT molecular complexity index is 1390. The van der Waals surface area contributed by atoms with E-state index in [4.69, 9.17) is 0 Å². The van der Waals surface area contributed by atoms with E-state index in [1.165, 1.54) is 0 Å². The Balaban J connectivity index is 1.54. The number of nitrogens with one attached hydrogen (secondary N) is 3. The molecule has 7 nitrogen and oxygen atoms in total. The van der Waals surface area contributed by atoms with E-state index in [1.807, 2.05) is 60.8 Å². The summed E-state index contributed by atoms with van der Waals surface area (Å²) >= 11 is 0. The van der Waals surface area contributed by atoms with Crippen LogP contribution in [0.15, 0.2) is 72.9 Å². The maximum absolute atomic E-state index is 13.7. The van der Waals surface area contributed by atoms with Crippen LogP contribution in [0.25, 0.3) is 22.0 Å². The van der Waals surface area contributed by atoms with Gasteiger partial charge in [0.25, 0.3) is 5.91 Å². The van der Waals surface area contributed by atoms with Crippen molar-refractivity contribution in [3.8, 4) is 11.1 Å². The monoisotopic (exact) mass is 468 g/mol. The van der Waals surface area contributed by atoms with Gasteiger partial charge in [0.05, 0.1) is 11.4 Å². The summed E-state index contributed by atoms with van der Waals surface area (Å²) in [5, 5.41) is 16.7. The summed E-state index contributed by atoms with van der Waals surface area (Å²) in [6.45, 7) is 2.08. The number of nitrogens with zero attached hydrogens (tertiary/aromatic N) is 1. The molecular weight excluding hydrogens is 440 g/mol. The van der Waals surface area contributed by atoms with Crippen LogP contribution in [0.2, 0.25) is 0 Å². The number of hydrogen-bond donors (Lipinski definition) is 4. The number of rotatable bonds is 5. The first-order chi connectivity index (χ1) is 17.1. The van der Waals surface area contributed by atoms with E-state index in [1.54, 1.807) is 17.0 Å². The lowest BCUT2D eigenvalue weighted by Gasteiger charge is -2.23. The zero-order valence-corrected chi connectivity index (χ0v) is 19.5. The van der Waals surface area contributed by atoms with Gasteiger partial charge in [0.15, 0.2) is 0 Å². The van der Waals surface area contributed by atoms with Crippen LogP contribution in [-0.4, -0.2) is 41.1 Å². The Kier molecular flexibility index (Phi) is 6.25. The van der Waals surface area contributed by atoms with Crippen molar-refractivity contribution in [2.24, 2.45) is 0 Å². The number of H-pyrrole nitrogens is 1. The van der Waals surface area contributed by atoms with E-state index in [0.717, 1.165) is 46.2 Å². The first-order valence-corrected chi connectivity index (χ1v) is 11.9. The summed E-state index contributed by atoms with van der Waals surface area (Å²) in [6.07, 6.45) is 3.68. The second kappa shape index (κ2) is 9.64.